The zero-order chi connectivity index (χ0) is 17.6. The number of thioether (sulfide) groups is 1. The second-order valence-electron chi connectivity index (χ2n) is 5.73. The molecule has 0 radical (unpaired) electrons. The molecular formula is C17H20BrN5OS. The molecule has 2 heterocycles. The molecule has 0 atom stereocenters. The summed E-state index contributed by atoms with van der Waals surface area (Å²) in [5, 5.41) is 5.95. The summed E-state index contributed by atoms with van der Waals surface area (Å²) in [6, 6.07) is 7.62. The summed E-state index contributed by atoms with van der Waals surface area (Å²) in [6.45, 7) is 4.12. The average Bonchev–Trinajstić information content (AvgIpc) is 2.64. The fraction of sp³-hybridized carbons (Fsp3) is 0.353. The molecule has 1 amide bonds. The molecule has 0 bridgehead atoms. The van der Waals surface area contributed by atoms with Crippen LogP contribution in [0.3, 0.4) is 0 Å². The summed E-state index contributed by atoms with van der Waals surface area (Å²) in [7, 11) is 0. The van der Waals surface area contributed by atoms with E-state index in [2.05, 4.69) is 41.4 Å². The number of rotatable bonds is 5. The van der Waals surface area contributed by atoms with Crippen molar-refractivity contribution >= 4 is 50.9 Å². The maximum absolute atomic E-state index is 12.1. The Morgan fingerprint density at radius 1 is 1.28 bits per heavy atom. The number of benzene rings is 1. The van der Waals surface area contributed by atoms with Crippen LogP contribution >= 0.6 is 27.7 Å². The molecule has 1 fully saturated rings. The Bertz CT molecular complexity index is 752. The van der Waals surface area contributed by atoms with Crippen LogP contribution in [0.15, 0.2) is 35.1 Å². The van der Waals surface area contributed by atoms with E-state index >= 15 is 0 Å². The lowest BCUT2D eigenvalue weighted by Crippen LogP contribution is -2.33. The molecule has 1 aromatic heterocycles. The molecule has 0 saturated carbocycles. The SMILES string of the molecule is Cc1cc(NC(=O)CNc2cc(N3CCSCC3)ncn2)ccc1Br. The first-order chi connectivity index (χ1) is 12.1. The highest BCUT2D eigenvalue weighted by Crippen LogP contribution is 2.20. The Labute approximate surface area is 159 Å². The molecule has 0 unspecified atom stereocenters. The number of hydrogen-bond donors (Lipinski definition) is 2. The average molecular weight is 422 g/mol. The molecule has 1 aliphatic heterocycles. The summed E-state index contributed by atoms with van der Waals surface area (Å²) >= 11 is 5.41. The summed E-state index contributed by atoms with van der Waals surface area (Å²) in [5.41, 5.74) is 1.85. The van der Waals surface area contributed by atoms with Crippen LogP contribution in [0, 0.1) is 6.92 Å². The van der Waals surface area contributed by atoms with Crippen LogP contribution < -0.4 is 15.5 Å². The van der Waals surface area contributed by atoms with Gasteiger partial charge in [0, 0.05) is 40.8 Å². The van der Waals surface area contributed by atoms with Crippen LogP contribution in [0.25, 0.3) is 0 Å². The third-order valence-electron chi connectivity index (χ3n) is 3.86. The van der Waals surface area contributed by atoms with Crippen LogP contribution in [-0.4, -0.2) is 47.0 Å². The quantitative estimate of drug-likeness (QED) is 0.772. The van der Waals surface area contributed by atoms with Crippen molar-refractivity contribution in [3.63, 3.8) is 0 Å². The molecule has 0 spiro atoms. The highest BCUT2D eigenvalue weighted by atomic mass is 79.9. The van der Waals surface area contributed by atoms with Gasteiger partial charge in [0.05, 0.1) is 6.54 Å². The molecule has 1 aromatic carbocycles. The predicted molar refractivity (Wildman–Crippen MR) is 108 cm³/mol. The van der Waals surface area contributed by atoms with Crippen molar-refractivity contribution in [2.24, 2.45) is 0 Å². The summed E-state index contributed by atoms with van der Waals surface area (Å²) in [5.74, 6) is 3.67. The molecule has 2 N–H and O–H groups in total. The molecule has 6 nitrogen and oxygen atoms in total. The molecular weight excluding hydrogens is 402 g/mol. The van der Waals surface area contributed by atoms with Crippen molar-refractivity contribution in [2.45, 2.75) is 6.92 Å². The first kappa shape index (κ1) is 18.0. The fourth-order valence-corrected chi connectivity index (χ4v) is 3.66. The Morgan fingerprint density at radius 3 is 2.84 bits per heavy atom. The first-order valence-corrected chi connectivity index (χ1v) is 10.0. The van der Waals surface area contributed by atoms with E-state index < -0.39 is 0 Å². The van der Waals surface area contributed by atoms with Crippen molar-refractivity contribution < 1.29 is 4.79 Å². The van der Waals surface area contributed by atoms with Gasteiger partial charge in [-0.25, -0.2) is 9.97 Å². The van der Waals surface area contributed by atoms with Crippen LogP contribution in [-0.2, 0) is 4.79 Å². The number of halogens is 1. The van der Waals surface area contributed by atoms with Crippen molar-refractivity contribution in [1.82, 2.24) is 9.97 Å². The second kappa shape index (κ2) is 8.53. The number of aryl methyl sites for hydroxylation is 1. The third-order valence-corrected chi connectivity index (χ3v) is 5.69. The predicted octanol–water partition coefficient (Wildman–Crippen LogP) is 3.15. The maximum atomic E-state index is 12.1. The Balaban J connectivity index is 1.55. The van der Waals surface area contributed by atoms with Crippen molar-refractivity contribution in [3.05, 3.63) is 40.6 Å². The van der Waals surface area contributed by atoms with Crippen LogP contribution in [0.5, 0.6) is 0 Å². The number of hydrogen-bond acceptors (Lipinski definition) is 6. The summed E-state index contributed by atoms with van der Waals surface area (Å²) in [6.07, 6.45) is 1.54. The third kappa shape index (κ3) is 5.09. The molecule has 8 heteroatoms. The lowest BCUT2D eigenvalue weighted by molar-refractivity contribution is -0.114. The zero-order valence-corrected chi connectivity index (χ0v) is 16.4. The first-order valence-electron chi connectivity index (χ1n) is 8.06. The number of nitrogens with zero attached hydrogens (tertiary/aromatic N) is 3. The van der Waals surface area contributed by atoms with Gasteiger partial charge >= 0.3 is 0 Å². The van der Waals surface area contributed by atoms with Gasteiger partial charge in [-0.1, -0.05) is 15.9 Å². The smallest absolute Gasteiger partial charge is 0.243 e. The number of nitrogens with one attached hydrogen (secondary N) is 2. The van der Waals surface area contributed by atoms with Crippen molar-refractivity contribution in [3.8, 4) is 0 Å². The van der Waals surface area contributed by atoms with Crippen LogP contribution in [0.1, 0.15) is 5.56 Å². The Hall–Kier alpha value is -1.80. The number of aromatic nitrogens is 2. The molecule has 3 rings (SSSR count). The van der Waals surface area contributed by atoms with Crippen LogP contribution in [0.4, 0.5) is 17.3 Å². The van der Waals surface area contributed by atoms with Crippen LogP contribution in [0.2, 0.25) is 0 Å². The molecule has 25 heavy (non-hydrogen) atoms. The maximum Gasteiger partial charge on any atom is 0.243 e. The standard InChI is InChI=1S/C17H20BrN5OS/c1-12-8-13(2-3-14(12)18)22-17(24)10-19-15-9-16(21-11-20-15)23-4-6-25-7-5-23/h2-3,8-9,11H,4-7,10H2,1H3,(H,22,24)(H,19,20,21). The van der Waals surface area contributed by atoms with Gasteiger partial charge in [0.2, 0.25) is 5.91 Å². The zero-order valence-electron chi connectivity index (χ0n) is 14.0. The van der Waals surface area contributed by atoms with E-state index in [0.717, 1.165) is 46.1 Å². The lowest BCUT2D eigenvalue weighted by atomic mass is 10.2. The van der Waals surface area contributed by atoms with Gasteiger partial charge < -0.3 is 15.5 Å². The van der Waals surface area contributed by atoms with Gasteiger partial charge in [0.1, 0.15) is 18.0 Å². The van der Waals surface area contributed by atoms with Gasteiger partial charge in [0.25, 0.3) is 0 Å². The second-order valence-corrected chi connectivity index (χ2v) is 7.81. The molecule has 0 aliphatic carbocycles. The van der Waals surface area contributed by atoms with Gasteiger partial charge in [-0.3, -0.25) is 4.79 Å². The number of anilines is 3. The van der Waals surface area contributed by atoms with E-state index in [4.69, 9.17) is 0 Å². The van der Waals surface area contributed by atoms with E-state index in [1.165, 1.54) is 6.33 Å². The van der Waals surface area contributed by atoms with Gasteiger partial charge in [-0.2, -0.15) is 11.8 Å². The highest BCUT2D eigenvalue weighted by molar-refractivity contribution is 9.10. The minimum absolute atomic E-state index is 0.115. The van der Waals surface area contributed by atoms with E-state index in [9.17, 15) is 4.79 Å². The van der Waals surface area contributed by atoms with Crippen molar-refractivity contribution in [2.75, 3.05) is 46.7 Å². The Morgan fingerprint density at radius 2 is 2.08 bits per heavy atom. The van der Waals surface area contributed by atoms with Gasteiger partial charge in [-0.15, -0.1) is 0 Å². The Kier molecular flexibility index (Phi) is 6.14. The number of carbonyl (C=O) groups excluding carboxylic acids is 1. The fourth-order valence-electron chi connectivity index (χ4n) is 2.51. The molecule has 1 saturated heterocycles. The minimum atomic E-state index is -0.115. The normalized spacial score (nSPS) is 14.2. The molecule has 2 aromatic rings. The van der Waals surface area contributed by atoms with Gasteiger partial charge in [-0.05, 0) is 30.7 Å². The monoisotopic (exact) mass is 421 g/mol. The molecule has 1 aliphatic rings. The van der Waals surface area contributed by atoms with Gasteiger partial charge in [0.15, 0.2) is 0 Å². The summed E-state index contributed by atoms with van der Waals surface area (Å²) < 4.78 is 1.02. The molecule has 132 valence electrons. The topological polar surface area (TPSA) is 70.2 Å². The highest BCUT2D eigenvalue weighted by Gasteiger charge is 2.13. The van der Waals surface area contributed by atoms with E-state index in [-0.39, 0.29) is 12.5 Å². The van der Waals surface area contributed by atoms with Crippen molar-refractivity contribution in [1.29, 1.82) is 0 Å². The number of carbonyl (C=O) groups is 1. The van der Waals surface area contributed by atoms with E-state index in [0.29, 0.717) is 5.82 Å². The summed E-state index contributed by atoms with van der Waals surface area (Å²) in [4.78, 5) is 22.9. The van der Waals surface area contributed by atoms with E-state index in [1.54, 1.807) is 0 Å². The lowest BCUT2D eigenvalue weighted by Gasteiger charge is -2.27. The largest absolute Gasteiger partial charge is 0.361 e. The van der Waals surface area contributed by atoms with E-state index in [1.807, 2.05) is 43.0 Å². The minimum Gasteiger partial charge on any atom is -0.361 e. The number of amides is 1.